The van der Waals surface area contributed by atoms with Crippen LogP contribution < -0.4 is 0 Å². The molecule has 0 fully saturated rings. The lowest BCUT2D eigenvalue weighted by molar-refractivity contribution is -0.161. The van der Waals surface area contributed by atoms with Crippen molar-refractivity contribution in [3.05, 3.63) is 0 Å². The molecule has 0 amide bonds. The van der Waals surface area contributed by atoms with Crippen LogP contribution in [-0.2, 0) is 65.4 Å². The zero-order chi connectivity index (χ0) is 63.1. The summed E-state index contributed by atoms with van der Waals surface area (Å²) in [5, 5.41) is 10.5. The molecule has 0 radical (unpaired) electrons. The van der Waals surface area contributed by atoms with Crippen LogP contribution >= 0.6 is 15.6 Å². The van der Waals surface area contributed by atoms with E-state index in [2.05, 4.69) is 48.5 Å². The molecule has 7 atom stereocenters. The third-order valence-corrected chi connectivity index (χ3v) is 17.8. The number of esters is 4. The van der Waals surface area contributed by atoms with E-state index in [4.69, 9.17) is 37.0 Å². The van der Waals surface area contributed by atoms with E-state index in [9.17, 15) is 43.2 Å². The normalized spacial score (nSPS) is 15.0. The fourth-order valence-corrected chi connectivity index (χ4v) is 11.3. The van der Waals surface area contributed by atoms with Gasteiger partial charge in [-0.2, -0.15) is 0 Å². The molecule has 0 aliphatic heterocycles. The van der Waals surface area contributed by atoms with Gasteiger partial charge in [-0.25, -0.2) is 9.13 Å². The van der Waals surface area contributed by atoms with Gasteiger partial charge in [-0.15, -0.1) is 0 Å². The van der Waals surface area contributed by atoms with E-state index in [0.717, 1.165) is 120 Å². The molecule has 19 heteroatoms. The van der Waals surface area contributed by atoms with E-state index >= 15 is 0 Å². The summed E-state index contributed by atoms with van der Waals surface area (Å²) in [5.74, 6) is 0.175. The molecule has 0 rings (SSSR count). The van der Waals surface area contributed by atoms with Gasteiger partial charge in [-0.1, -0.05) is 273 Å². The molecule has 17 nitrogen and oxygen atoms in total. The first kappa shape index (κ1) is 83.1. The highest BCUT2D eigenvalue weighted by molar-refractivity contribution is 7.47. The van der Waals surface area contributed by atoms with E-state index in [1.54, 1.807) is 0 Å². The molecule has 0 aromatic heterocycles. The Hall–Kier alpha value is -1.94. The molecule has 3 N–H and O–H groups in total. The Morgan fingerprint density at radius 1 is 0.341 bits per heavy atom. The Balaban J connectivity index is 5.24. The first-order valence-corrected chi connectivity index (χ1v) is 37.4. The summed E-state index contributed by atoms with van der Waals surface area (Å²) >= 11 is 0. The van der Waals surface area contributed by atoms with Crippen molar-refractivity contribution < 1.29 is 80.2 Å². The third-order valence-electron chi connectivity index (χ3n) is 15.9. The summed E-state index contributed by atoms with van der Waals surface area (Å²) in [6.07, 6.45) is 38.9. The van der Waals surface area contributed by atoms with Crippen LogP contribution in [0.2, 0.25) is 0 Å². The van der Waals surface area contributed by atoms with Crippen molar-refractivity contribution in [3.63, 3.8) is 0 Å². The maximum atomic E-state index is 13.0. The molecule has 0 saturated heterocycles. The fraction of sp³-hybridized carbons (Fsp3) is 0.939. The van der Waals surface area contributed by atoms with Gasteiger partial charge in [0.25, 0.3) is 0 Å². The molecule has 0 bridgehead atoms. The lowest BCUT2D eigenvalue weighted by Crippen LogP contribution is -2.30. The molecular weight excluding hydrogens is 1130 g/mol. The molecule has 4 unspecified atom stereocenters. The summed E-state index contributed by atoms with van der Waals surface area (Å²) in [7, 11) is -9.89. The van der Waals surface area contributed by atoms with Gasteiger partial charge in [0.2, 0.25) is 0 Å². The number of rotatable bonds is 64. The van der Waals surface area contributed by atoms with Crippen molar-refractivity contribution in [1.29, 1.82) is 0 Å². The van der Waals surface area contributed by atoms with Crippen molar-refractivity contribution in [2.45, 2.75) is 343 Å². The molecule has 504 valence electrons. The van der Waals surface area contributed by atoms with Crippen molar-refractivity contribution in [3.8, 4) is 0 Å². The molecule has 0 aromatic carbocycles. The van der Waals surface area contributed by atoms with Gasteiger partial charge in [0.05, 0.1) is 26.4 Å². The van der Waals surface area contributed by atoms with Crippen molar-refractivity contribution in [2.24, 2.45) is 17.8 Å². The van der Waals surface area contributed by atoms with Crippen LogP contribution in [0.4, 0.5) is 0 Å². The van der Waals surface area contributed by atoms with Gasteiger partial charge < -0.3 is 33.8 Å². The van der Waals surface area contributed by atoms with Gasteiger partial charge >= 0.3 is 39.5 Å². The Bertz CT molecular complexity index is 1690. The highest BCUT2D eigenvalue weighted by Gasteiger charge is 2.30. The maximum absolute atomic E-state index is 13.0. The molecule has 0 heterocycles. The molecule has 0 spiro atoms. The number of phosphoric ester groups is 2. The lowest BCUT2D eigenvalue weighted by atomic mass is 9.99. The maximum Gasteiger partial charge on any atom is 0.472 e. The molecular formula is C66H128O17P2. The molecule has 0 aliphatic rings. The van der Waals surface area contributed by atoms with Gasteiger partial charge in [-0.3, -0.25) is 37.3 Å². The number of ether oxygens (including phenoxy) is 4. The highest BCUT2D eigenvalue weighted by atomic mass is 31.2. The summed E-state index contributed by atoms with van der Waals surface area (Å²) < 4.78 is 68.0. The lowest BCUT2D eigenvalue weighted by Gasteiger charge is -2.21. The van der Waals surface area contributed by atoms with Gasteiger partial charge in [0, 0.05) is 25.7 Å². The predicted octanol–water partition coefficient (Wildman–Crippen LogP) is 18.3. The number of hydrogen-bond donors (Lipinski definition) is 3. The fourth-order valence-electron chi connectivity index (χ4n) is 9.77. The Labute approximate surface area is 517 Å². The zero-order valence-corrected chi connectivity index (χ0v) is 56.9. The van der Waals surface area contributed by atoms with Crippen molar-refractivity contribution in [1.82, 2.24) is 0 Å². The first-order chi connectivity index (χ1) is 40.8. The van der Waals surface area contributed by atoms with Crippen LogP contribution in [0.5, 0.6) is 0 Å². The quantitative estimate of drug-likeness (QED) is 0.0222. The predicted molar refractivity (Wildman–Crippen MR) is 340 cm³/mol. The number of carbonyl (C=O) groups is 4. The van der Waals surface area contributed by atoms with E-state index in [1.807, 2.05) is 0 Å². The number of phosphoric acid groups is 2. The Kier molecular flexibility index (Phi) is 55.9. The van der Waals surface area contributed by atoms with E-state index in [-0.39, 0.29) is 25.7 Å². The second-order valence-electron chi connectivity index (χ2n) is 24.8. The topological polar surface area (TPSA) is 237 Å². The number of unbranched alkanes of at least 4 members (excludes halogenated alkanes) is 30. The van der Waals surface area contributed by atoms with Crippen LogP contribution in [-0.4, -0.2) is 96.7 Å². The Morgan fingerprint density at radius 3 is 0.894 bits per heavy atom. The molecule has 0 aromatic rings. The van der Waals surface area contributed by atoms with Crippen molar-refractivity contribution in [2.75, 3.05) is 39.6 Å². The Morgan fingerprint density at radius 2 is 0.600 bits per heavy atom. The second-order valence-corrected chi connectivity index (χ2v) is 27.7. The minimum atomic E-state index is -4.95. The van der Waals surface area contributed by atoms with E-state index in [0.29, 0.717) is 25.7 Å². The molecule has 0 saturated carbocycles. The van der Waals surface area contributed by atoms with Gasteiger partial charge in [0.1, 0.15) is 19.3 Å². The summed E-state index contributed by atoms with van der Waals surface area (Å²) in [6.45, 7) is 11.8. The number of hydrogen-bond acceptors (Lipinski definition) is 15. The minimum Gasteiger partial charge on any atom is -0.462 e. The summed E-state index contributed by atoms with van der Waals surface area (Å²) in [4.78, 5) is 72.2. The van der Waals surface area contributed by atoms with E-state index < -0.39 is 97.5 Å². The van der Waals surface area contributed by atoms with Crippen LogP contribution in [0, 0.1) is 17.8 Å². The second kappa shape index (κ2) is 57.2. The van der Waals surface area contributed by atoms with Crippen LogP contribution in [0.25, 0.3) is 0 Å². The average molecular weight is 1260 g/mol. The number of aliphatic hydroxyl groups is 1. The summed E-state index contributed by atoms with van der Waals surface area (Å²) in [6, 6.07) is 0. The number of carbonyl (C=O) groups excluding carboxylic acids is 4. The van der Waals surface area contributed by atoms with Crippen LogP contribution in [0.15, 0.2) is 0 Å². The monoisotopic (exact) mass is 1250 g/mol. The molecule has 0 aliphatic carbocycles. The van der Waals surface area contributed by atoms with Crippen molar-refractivity contribution >= 4 is 39.5 Å². The third kappa shape index (κ3) is 58.2. The largest absolute Gasteiger partial charge is 0.472 e. The summed E-state index contributed by atoms with van der Waals surface area (Å²) in [5.41, 5.74) is 0. The van der Waals surface area contributed by atoms with Crippen LogP contribution in [0.3, 0.4) is 0 Å². The average Bonchev–Trinajstić information content (AvgIpc) is 3.47. The van der Waals surface area contributed by atoms with Crippen LogP contribution in [0.1, 0.15) is 325 Å². The van der Waals surface area contributed by atoms with Gasteiger partial charge in [-0.05, 0) is 43.4 Å². The zero-order valence-electron chi connectivity index (χ0n) is 55.1. The smallest absolute Gasteiger partial charge is 0.462 e. The highest BCUT2D eigenvalue weighted by Crippen LogP contribution is 2.45. The SMILES string of the molecule is CCCCCCCCCC(=O)OC[C@H](COP(=O)(O)OC[C@H](O)COP(=O)(O)OC[C@@H](COC(=O)CCCCCCCCCCC(C)CC)OC(=O)CCCCCCCCCCCCCC(C)C)OC(=O)CCCCCCCCCCC(C)CC. The number of aliphatic hydroxyl groups excluding tert-OH is 1. The first-order valence-electron chi connectivity index (χ1n) is 34.4. The minimum absolute atomic E-state index is 0.104. The van der Waals surface area contributed by atoms with Gasteiger partial charge in [0.15, 0.2) is 12.2 Å². The van der Waals surface area contributed by atoms with E-state index in [1.165, 1.54) is 122 Å². The molecule has 85 heavy (non-hydrogen) atoms. The standard InChI is InChI=1S/C66H128O17P2/c1-8-11-12-13-23-33-40-47-63(68)76-53-61(83-66(71)50-43-36-29-22-20-26-32-39-46-59(7)10-3)55-80-84(72,73)78-51-60(67)52-79-85(74,75)81-56-62(54-77-64(69)48-41-34-27-21-19-25-31-38-45-58(6)9-2)82-65(70)49-42-35-28-18-16-14-15-17-24-30-37-44-57(4)5/h57-62,67H,8-56H2,1-7H3,(H,72,73)(H,74,75)/t58?,59?,60-,61+,62+/m0/s1.